The zero-order valence-corrected chi connectivity index (χ0v) is 13.2. The minimum atomic E-state index is -0.549. The highest BCUT2D eigenvalue weighted by molar-refractivity contribution is 5.97. The molecule has 0 unspecified atom stereocenters. The Balaban J connectivity index is 2.72. The Morgan fingerprint density at radius 1 is 1.39 bits per heavy atom. The first-order chi connectivity index (χ1) is 11.0. The van der Waals surface area contributed by atoms with Crippen LogP contribution in [0.3, 0.4) is 0 Å². The first-order valence-corrected chi connectivity index (χ1v) is 7.02. The van der Waals surface area contributed by atoms with Crippen LogP contribution in [0.5, 0.6) is 5.75 Å². The number of nitrogens with zero attached hydrogens (tertiary/aromatic N) is 2. The molecule has 0 radical (unpaired) electrons. The van der Waals surface area contributed by atoms with Crippen molar-refractivity contribution in [2.24, 2.45) is 5.73 Å². The number of nitrogens with two attached hydrogens (primary N) is 1. The Morgan fingerprint density at radius 3 is 2.52 bits per heavy atom. The van der Waals surface area contributed by atoms with Crippen molar-refractivity contribution in [3.8, 4) is 11.8 Å². The van der Waals surface area contributed by atoms with Gasteiger partial charge in [0.05, 0.1) is 7.11 Å². The second-order valence-electron chi connectivity index (χ2n) is 4.69. The summed E-state index contributed by atoms with van der Waals surface area (Å²) in [6.07, 6.45) is 1.22. The molecule has 1 rings (SSSR count). The maximum Gasteiger partial charge on any atom is 0.263 e. The summed E-state index contributed by atoms with van der Waals surface area (Å²) < 4.78 is 5.05. The standard InChI is InChI=1S/C16H20N4O3/c1-12(21)20(8-7-17)11-14(9-18)16(22)19-10-13-3-5-15(23-2)6-4-13/h3-6,11H,7-8,10,17H2,1-2H3,(H,19,22)/b14-11-. The van der Waals surface area contributed by atoms with Crippen LogP contribution in [-0.2, 0) is 16.1 Å². The zero-order chi connectivity index (χ0) is 17.2. The van der Waals surface area contributed by atoms with E-state index in [1.165, 1.54) is 18.0 Å². The molecule has 7 heteroatoms. The van der Waals surface area contributed by atoms with Gasteiger partial charge in [-0.25, -0.2) is 0 Å². The molecule has 0 saturated heterocycles. The van der Waals surface area contributed by atoms with Gasteiger partial charge in [0.2, 0.25) is 5.91 Å². The molecule has 7 nitrogen and oxygen atoms in total. The molecule has 0 heterocycles. The van der Waals surface area contributed by atoms with Crippen molar-refractivity contribution in [1.29, 1.82) is 5.26 Å². The molecule has 0 aliphatic rings. The van der Waals surface area contributed by atoms with Crippen LogP contribution in [0.2, 0.25) is 0 Å². The molecule has 122 valence electrons. The van der Waals surface area contributed by atoms with Gasteiger partial charge < -0.3 is 20.7 Å². The quantitative estimate of drug-likeness (QED) is 0.563. The van der Waals surface area contributed by atoms with Crippen molar-refractivity contribution >= 4 is 11.8 Å². The van der Waals surface area contributed by atoms with Crippen LogP contribution in [-0.4, -0.2) is 36.9 Å². The first kappa shape index (κ1) is 18.2. The van der Waals surface area contributed by atoms with E-state index >= 15 is 0 Å². The number of nitriles is 1. The van der Waals surface area contributed by atoms with Crippen molar-refractivity contribution in [1.82, 2.24) is 10.2 Å². The number of hydrogen-bond donors (Lipinski definition) is 2. The highest BCUT2D eigenvalue weighted by atomic mass is 16.5. The molecule has 0 spiro atoms. The normalized spacial score (nSPS) is 10.6. The fourth-order valence-corrected chi connectivity index (χ4v) is 1.77. The molecule has 0 aromatic heterocycles. The zero-order valence-electron chi connectivity index (χ0n) is 13.2. The van der Waals surface area contributed by atoms with Crippen LogP contribution in [0.25, 0.3) is 0 Å². The number of carbonyl (C=O) groups is 2. The van der Waals surface area contributed by atoms with E-state index in [1.54, 1.807) is 25.3 Å². The topological polar surface area (TPSA) is 108 Å². The number of benzene rings is 1. The first-order valence-electron chi connectivity index (χ1n) is 7.02. The lowest BCUT2D eigenvalue weighted by Crippen LogP contribution is -2.31. The van der Waals surface area contributed by atoms with E-state index < -0.39 is 5.91 Å². The summed E-state index contributed by atoms with van der Waals surface area (Å²) in [6.45, 7) is 2.09. The summed E-state index contributed by atoms with van der Waals surface area (Å²) in [5, 5.41) is 11.7. The van der Waals surface area contributed by atoms with Crippen LogP contribution in [0.1, 0.15) is 12.5 Å². The SMILES string of the molecule is COc1ccc(CNC(=O)/C(C#N)=C\N(CCN)C(C)=O)cc1. The van der Waals surface area contributed by atoms with Crippen LogP contribution in [0, 0.1) is 11.3 Å². The molecule has 1 aromatic rings. The number of carbonyl (C=O) groups excluding carboxylic acids is 2. The van der Waals surface area contributed by atoms with E-state index in [-0.39, 0.29) is 31.1 Å². The summed E-state index contributed by atoms with van der Waals surface area (Å²) in [7, 11) is 1.57. The molecule has 0 saturated carbocycles. The van der Waals surface area contributed by atoms with Crippen LogP contribution in [0.15, 0.2) is 36.0 Å². The average Bonchev–Trinajstić information content (AvgIpc) is 2.56. The van der Waals surface area contributed by atoms with Crippen molar-refractivity contribution < 1.29 is 14.3 Å². The van der Waals surface area contributed by atoms with Gasteiger partial charge in [-0.3, -0.25) is 9.59 Å². The van der Waals surface area contributed by atoms with Gasteiger partial charge in [-0.05, 0) is 17.7 Å². The van der Waals surface area contributed by atoms with Gasteiger partial charge in [0.1, 0.15) is 17.4 Å². The van der Waals surface area contributed by atoms with Gasteiger partial charge in [-0.1, -0.05) is 12.1 Å². The third-order valence-corrected chi connectivity index (χ3v) is 3.04. The molecular formula is C16H20N4O3. The van der Waals surface area contributed by atoms with Gasteiger partial charge in [-0.15, -0.1) is 0 Å². The minimum absolute atomic E-state index is 0.151. The van der Waals surface area contributed by atoms with Gasteiger partial charge in [0, 0.05) is 32.8 Å². The molecule has 0 aliphatic carbocycles. The summed E-state index contributed by atoms with van der Waals surface area (Å²) in [5.74, 6) is -0.116. The van der Waals surface area contributed by atoms with Crippen LogP contribution >= 0.6 is 0 Å². The minimum Gasteiger partial charge on any atom is -0.497 e. The van der Waals surface area contributed by atoms with Gasteiger partial charge in [0.25, 0.3) is 5.91 Å². The van der Waals surface area contributed by atoms with Crippen molar-refractivity contribution in [2.75, 3.05) is 20.2 Å². The number of ether oxygens (including phenoxy) is 1. The van der Waals surface area contributed by atoms with E-state index in [0.717, 1.165) is 11.3 Å². The molecule has 23 heavy (non-hydrogen) atoms. The number of nitrogens with one attached hydrogen (secondary N) is 1. The lowest BCUT2D eigenvalue weighted by molar-refractivity contribution is -0.126. The Labute approximate surface area is 135 Å². The van der Waals surface area contributed by atoms with E-state index in [2.05, 4.69) is 5.32 Å². The average molecular weight is 316 g/mol. The van der Waals surface area contributed by atoms with E-state index in [1.807, 2.05) is 12.1 Å². The third-order valence-electron chi connectivity index (χ3n) is 3.04. The van der Waals surface area contributed by atoms with Crippen molar-refractivity contribution in [3.05, 3.63) is 41.6 Å². The molecule has 0 bridgehead atoms. The molecule has 3 N–H and O–H groups in total. The van der Waals surface area contributed by atoms with E-state index in [9.17, 15) is 9.59 Å². The molecular weight excluding hydrogens is 296 g/mol. The summed E-state index contributed by atoms with van der Waals surface area (Å²) in [6, 6.07) is 8.97. The Bertz CT molecular complexity index is 617. The largest absolute Gasteiger partial charge is 0.497 e. The lowest BCUT2D eigenvalue weighted by atomic mass is 10.2. The highest BCUT2D eigenvalue weighted by Crippen LogP contribution is 2.11. The molecule has 0 aliphatic heterocycles. The number of hydrogen-bond acceptors (Lipinski definition) is 5. The number of amides is 2. The predicted molar refractivity (Wildman–Crippen MR) is 85.0 cm³/mol. The Kier molecular flexibility index (Phi) is 7.30. The lowest BCUT2D eigenvalue weighted by Gasteiger charge is -2.15. The predicted octanol–water partition coefficient (Wildman–Crippen LogP) is 0.526. The van der Waals surface area contributed by atoms with Crippen molar-refractivity contribution in [2.45, 2.75) is 13.5 Å². The fourth-order valence-electron chi connectivity index (χ4n) is 1.77. The summed E-state index contributed by atoms with van der Waals surface area (Å²) in [4.78, 5) is 24.7. The fraction of sp³-hybridized carbons (Fsp3) is 0.312. The van der Waals surface area contributed by atoms with Crippen LogP contribution in [0.4, 0.5) is 0 Å². The second kappa shape index (κ2) is 9.23. The van der Waals surface area contributed by atoms with E-state index in [4.69, 9.17) is 15.7 Å². The molecule has 2 amide bonds. The third kappa shape index (κ3) is 5.80. The van der Waals surface area contributed by atoms with E-state index in [0.29, 0.717) is 0 Å². The van der Waals surface area contributed by atoms with Crippen molar-refractivity contribution in [3.63, 3.8) is 0 Å². The Hall–Kier alpha value is -2.85. The maximum atomic E-state index is 12.0. The molecule has 0 fully saturated rings. The number of methoxy groups -OCH3 is 1. The molecule has 1 aromatic carbocycles. The monoisotopic (exact) mass is 316 g/mol. The second-order valence-corrected chi connectivity index (χ2v) is 4.69. The Morgan fingerprint density at radius 2 is 2.04 bits per heavy atom. The molecule has 0 atom stereocenters. The van der Waals surface area contributed by atoms with Gasteiger partial charge >= 0.3 is 0 Å². The van der Waals surface area contributed by atoms with Crippen LogP contribution < -0.4 is 15.8 Å². The number of rotatable bonds is 7. The smallest absolute Gasteiger partial charge is 0.263 e. The highest BCUT2D eigenvalue weighted by Gasteiger charge is 2.13. The summed E-state index contributed by atoms with van der Waals surface area (Å²) in [5.41, 5.74) is 6.11. The summed E-state index contributed by atoms with van der Waals surface area (Å²) >= 11 is 0. The van der Waals surface area contributed by atoms with Gasteiger partial charge in [-0.2, -0.15) is 5.26 Å². The maximum absolute atomic E-state index is 12.0. The van der Waals surface area contributed by atoms with Gasteiger partial charge in [0.15, 0.2) is 0 Å².